The van der Waals surface area contributed by atoms with E-state index in [1.165, 1.54) is 17.2 Å². The summed E-state index contributed by atoms with van der Waals surface area (Å²) in [6, 6.07) is 0. The monoisotopic (exact) mass is 420 g/mol. The van der Waals surface area contributed by atoms with Gasteiger partial charge in [0.05, 0.1) is 12.4 Å². The lowest BCUT2D eigenvalue weighted by molar-refractivity contribution is -0.117. The molecule has 0 fully saturated rings. The molecule has 2 aromatic rings. The number of Topliss-reactive ketones (excluding diaryl/α,β-unsaturated/α-hetero) is 1. The number of aryl methyl sites for hydroxylation is 1. The fourth-order valence-corrected chi connectivity index (χ4v) is 2.03. The van der Waals surface area contributed by atoms with Crippen molar-refractivity contribution in [1.29, 1.82) is 0 Å². The van der Waals surface area contributed by atoms with Crippen LogP contribution in [0.1, 0.15) is 105 Å². The number of nitrogens with zero attached hydrogens (tertiary/aromatic N) is 4. The van der Waals surface area contributed by atoms with E-state index in [2.05, 4.69) is 51.7 Å². The van der Waals surface area contributed by atoms with Crippen LogP contribution in [0, 0.1) is 0 Å². The molecule has 0 aliphatic carbocycles. The second-order valence-electron chi connectivity index (χ2n) is 8.64. The van der Waals surface area contributed by atoms with Crippen LogP contribution in [0.25, 0.3) is 0 Å². The van der Waals surface area contributed by atoms with Crippen molar-refractivity contribution in [3.63, 3.8) is 0 Å². The molecule has 0 amide bonds. The summed E-state index contributed by atoms with van der Waals surface area (Å²) >= 11 is 0. The highest BCUT2D eigenvalue weighted by Gasteiger charge is 2.16. The highest BCUT2D eigenvalue weighted by molar-refractivity contribution is 5.75. The quantitative estimate of drug-likeness (QED) is 0.606. The fraction of sp³-hybridized carbons (Fsp3) is 0.667. The summed E-state index contributed by atoms with van der Waals surface area (Å²) in [4.78, 5) is 21.7. The molecule has 0 spiro atoms. The Labute approximate surface area is 184 Å². The van der Waals surface area contributed by atoms with Gasteiger partial charge in [-0.1, -0.05) is 69.2 Å². The molecule has 2 rings (SSSR count). The standard InChI is InChI=1S/C11H18N2O.C9H14N2O.2C2H6/c1-9(14)5-6-13-8-10(7-12-13)11(2,3)4;1-7(12)11-6-8(5-10-11)9(2,3)4;2*1-2/h7-8H,5-6H2,1-4H3;5-6H,1-4H3;2*1-2H3. The molecule has 0 N–H and O–H groups in total. The molecule has 0 bridgehead atoms. The Balaban J connectivity index is 0. The summed E-state index contributed by atoms with van der Waals surface area (Å²) in [5, 5.41) is 8.17. The first-order valence-electron chi connectivity index (χ1n) is 10.9. The molecule has 2 heterocycles. The Hall–Kier alpha value is -2.24. The second kappa shape index (κ2) is 13.9. The average molecular weight is 421 g/mol. The third kappa shape index (κ3) is 11.7. The van der Waals surface area contributed by atoms with Gasteiger partial charge in [0.1, 0.15) is 5.78 Å². The van der Waals surface area contributed by atoms with E-state index >= 15 is 0 Å². The van der Waals surface area contributed by atoms with Crippen LogP contribution in [-0.4, -0.2) is 31.3 Å². The van der Waals surface area contributed by atoms with Crippen molar-refractivity contribution in [2.75, 3.05) is 0 Å². The minimum Gasteiger partial charge on any atom is -0.300 e. The number of rotatable bonds is 3. The van der Waals surface area contributed by atoms with Crippen LogP contribution in [0.5, 0.6) is 0 Å². The van der Waals surface area contributed by atoms with Crippen LogP contribution in [0.15, 0.2) is 24.8 Å². The van der Waals surface area contributed by atoms with Crippen molar-refractivity contribution in [3.8, 4) is 0 Å². The Morgan fingerprint density at radius 3 is 1.53 bits per heavy atom. The summed E-state index contributed by atoms with van der Waals surface area (Å²) in [5.41, 5.74) is 2.49. The van der Waals surface area contributed by atoms with Crippen molar-refractivity contribution in [2.24, 2.45) is 0 Å². The molecule has 172 valence electrons. The molecule has 0 aliphatic rings. The molecule has 0 saturated heterocycles. The van der Waals surface area contributed by atoms with Crippen molar-refractivity contribution >= 4 is 11.7 Å². The average Bonchev–Trinajstić information content (AvgIpc) is 3.33. The molecule has 0 radical (unpaired) electrons. The maximum absolute atomic E-state index is 10.9. The zero-order chi connectivity index (χ0) is 24.1. The van der Waals surface area contributed by atoms with Crippen molar-refractivity contribution in [2.45, 2.75) is 107 Å². The summed E-state index contributed by atoms with van der Waals surface area (Å²) in [6.45, 7) is 24.5. The molecule has 0 atom stereocenters. The van der Waals surface area contributed by atoms with Gasteiger partial charge in [0.25, 0.3) is 0 Å². The number of hydrogen-bond donors (Lipinski definition) is 0. The highest BCUT2D eigenvalue weighted by Crippen LogP contribution is 2.21. The number of hydrogen-bond acceptors (Lipinski definition) is 4. The van der Waals surface area contributed by atoms with Gasteiger partial charge in [-0.2, -0.15) is 10.2 Å². The van der Waals surface area contributed by atoms with Crippen molar-refractivity contribution in [3.05, 3.63) is 35.9 Å². The molecule has 0 aliphatic heterocycles. The van der Waals surface area contributed by atoms with E-state index in [0.29, 0.717) is 13.0 Å². The Morgan fingerprint density at radius 1 is 0.800 bits per heavy atom. The second-order valence-corrected chi connectivity index (χ2v) is 8.64. The van der Waals surface area contributed by atoms with Crippen LogP contribution in [0.3, 0.4) is 0 Å². The summed E-state index contributed by atoms with van der Waals surface area (Å²) in [6.07, 6.45) is 7.97. The summed E-state index contributed by atoms with van der Waals surface area (Å²) in [7, 11) is 0. The van der Waals surface area contributed by atoms with E-state index in [9.17, 15) is 9.59 Å². The van der Waals surface area contributed by atoms with Gasteiger partial charge in [-0.15, -0.1) is 0 Å². The number of aromatic nitrogens is 4. The lowest BCUT2D eigenvalue weighted by Gasteiger charge is -2.14. The van der Waals surface area contributed by atoms with Gasteiger partial charge < -0.3 is 0 Å². The van der Waals surface area contributed by atoms with Crippen LogP contribution < -0.4 is 0 Å². The number of ketones is 1. The summed E-state index contributed by atoms with van der Waals surface area (Å²) < 4.78 is 3.20. The largest absolute Gasteiger partial charge is 0.300 e. The van der Waals surface area contributed by atoms with Crippen molar-refractivity contribution < 1.29 is 9.59 Å². The smallest absolute Gasteiger partial charge is 0.243 e. The SMILES string of the molecule is CC.CC.CC(=O)CCn1cc(C(C)(C)C)cn1.CC(=O)n1cc(C(C)(C)C)cn1. The van der Waals surface area contributed by atoms with Crippen LogP contribution in [-0.2, 0) is 22.2 Å². The molecule has 0 saturated carbocycles. The van der Waals surface area contributed by atoms with E-state index in [1.54, 1.807) is 19.3 Å². The first kappa shape index (κ1) is 30.0. The predicted molar refractivity (Wildman–Crippen MR) is 126 cm³/mol. The Bertz CT molecular complexity index is 744. The van der Waals surface area contributed by atoms with Gasteiger partial charge in [-0.3, -0.25) is 14.3 Å². The van der Waals surface area contributed by atoms with Gasteiger partial charge in [0.2, 0.25) is 5.91 Å². The highest BCUT2D eigenvalue weighted by atomic mass is 16.2. The Morgan fingerprint density at radius 2 is 1.23 bits per heavy atom. The van der Waals surface area contributed by atoms with E-state index < -0.39 is 0 Å². The Kier molecular flexibility index (Phi) is 13.9. The predicted octanol–water partition coefficient (Wildman–Crippen LogP) is 6.05. The first-order valence-corrected chi connectivity index (χ1v) is 10.9. The molecular formula is C24H44N4O2. The van der Waals surface area contributed by atoms with Gasteiger partial charge in [0.15, 0.2) is 0 Å². The van der Waals surface area contributed by atoms with E-state index in [0.717, 1.165) is 5.56 Å². The maximum Gasteiger partial charge on any atom is 0.243 e. The summed E-state index contributed by atoms with van der Waals surface area (Å²) in [5.74, 6) is 0.156. The number of carbonyl (C=O) groups is 2. The van der Waals surface area contributed by atoms with Crippen LogP contribution >= 0.6 is 0 Å². The fourth-order valence-electron chi connectivity index (χ4n) is 2.03. The minimum absolute atomic E-state index is 0.0505. The van der Waals surface area contributed by atoms with Gasteiger partial charge in [-0.25, -0.2) is 4.68 Å². The number of carbonyl (C=O) groups excluding carboxylic acids is 2. The topological polar surface area (TPSA) is 69.8 Å². The third-order valence-electron chi connectivity index (χ3n) is 3.96. The molecule has 6 heteroatoms. The van der Waals surface area contributed by atoms with Crippen molar-refractivity contribution in [1.82, 2.24) is 19.6 Å². The van der Waals surface area contributed by atoms with E-state index in [1.807, 2.05) is 44.8 Å². The zero-order valence-electron chi connectivity index (χ0n) is 21.3. The molecular weight excluding hydrogens is 376 g/mol. The maximum atomic E-state index is 10.9. The molecule has 2 aromatic heterocycles. The molecule has 30 heavy (non-hydrogen) atoms. The van der Waals surface area contributed by atoms with E-state index in [-0.39, 0.29) is 22.5 Å². The van der Waals surface area contributed by atoms with Gasteiger partial charge >= 0.3 is 0 Å². The lowest BCUT2D eigenvalue weighted by Crippen LogP contribution is -2.10. The lowest BCUT2D eigenvalue weighted by atomic mass is 9.90. The molecule has 0 aromatic carbocycles. The normalized spacial score (nSPS) is 10.5. The molecule has 6 nitrogen and oxygen atoms in total. The first-order chi connectivity index (χ1) is 13.8. The van der Waals surface area contributed by atoms with Crippen LogP contribution in [0.2, 0.25) is 0 Å². The van der Waals surface area contributed by atoms with E-state index in [4.69, 9.17) is 0 Å². The minimum atomic E-state index is -0.0505. The van der Waals surface area contributed by atoms with Gasteiger partial charge in [0, 0.05) is 32.3 Å². The van der Waals surface area contributed by atoms with Gasteiger partial charge in [-0.05, 0) is 28.9 Å². The van der Waals surface area contributed by atoms with Crippen LogP contribution in [0.4, 0.5) is 0 Å². The molecule has 0 unspecified atom stereocenters. The zero-order valence-corrected chi connectivity index (χ0v) is 21.3. The third-order valence-corrected chi connectivity index (χ3v) is 3.96.